The highest BCUT2D eigenvalue weighted by Gasteiger charge is 2.16. The summed E-state index contributed by atoms with van der Waals surface area (Å²) in [5.41, 5.74) is 0.663. The first kappa shape index (κ1) is 11.4. The van der Waals surface area contributed by atoms with Crippen molar-refractivity contribution in [1.29, 1.82) is 5.26 Å². The predicted octanol–water partition coefficient (Wildman–Crippen LogP) is 1.90. The molecule has 0 saturated carbocycles. The van der Waals surface area contributed by atoms with Gasteiger partial charge in [-0.2, -0.15) is 10.4 Å². The molecule has 0 bridgehead atoms. The first-order valence-electron chi connectivity index (χ1n) is 4.60. The lowest BCUT2D eigenvalue weighted by Crippen LogP contribution is -2.15. The maximum atomic E-state index is 11.9. The van der Waals surface area contributed by atoms with Crippen LogP contribution in [0.1, 0.15) is 15.9 Å². The number of nitrogens with zero attached hydrogens (tertiary/aromatic N) is 3. The number of hydrogen-bond acceptors (Lipinski definition) is 4. The fourth-order valence-corrected chi connectivity index (χ4v) is 1.72. The van der Waals surface area contributed by atoms with Gasteiger partial charge >= 0.3 is 0 Å². The number of nitriles is 1. The van der Waals surface area contributed by atoms with Crippen LogP contribution in [0.5, 0.6) is 0 Å². The Bertz CT molecular complexity index is 608. The molecule has 7 heteroatoms. The van der Waals surface area contributed by atoms with E-state index in [1.807, 2.05) is 6.07 Å². The number of aryl methyl sites for hydroxylation is 1. The van der Waals surface area contributed by atoms with E-state index in [0.717, 1.165) is 0 Å². The van der Waals surface area contributed by atoms with Gasteiger partial charge in [0.25, 0.3) is 5.91 Å². The Morgan fingerprint density at radius 3 is 3.06 bits per heavy atom. The van der Waals surface area contributed by atoms with Crippen LogP contribution in [0.2, 0.25) is 0 Å². The first-order chi connectivity index (χ1) is 8.13. The maximum absolute atomic E-state index is 11.9. The van der Waals surface area contributed by atoms with Gasteiger partial charge in [0.15, 0.2) is 4.67 Å². The molecular formula is C10H7BrN4O2. The van der Waals surface area contributed by atoms with Crippen molar-refractivity contribution in [2.24, 2.45) is 7.05 Å². The van der Waals surface area contributed by atoms with Gasteiger partial charge in [-0.05, 0) is 22.0 Å². The van der Waals surface area contributed by atoms with E-state index in [9.17, 15) is 4.79 Å². The van der Waals surface area contributed by atoms with E-state index in [1.54, 1.807) is 7.05 Å². The fraction of sp³-hybridized carbons (Fsp3) is 0.100. The van der Waals surface area contributed by atoms with Gasteiger partial charge in [0.2, 0.25) is 0 Å². The van der Waals surface area contributed by atoms with Crippen LogP contribution in [0.3, 0.4) is 0 Å². The Morgan fingerprint density at radius 1 is 1.71 bits per heavy atom. The molecule has 2 heterocycles. The molecule has 1 N–H and O–H groups in total. The van der Waals surface area contributed by atoms with E-state index in [-0.39, 0.29) is 5.91 Å². The summed E-state index contributed by atoms with van der Waals surface area (Å²) in [4.78, 5) is 11.9. The lowest BCUT2D eigenvalue weighted by atomic mass is 10.3. The molecule has 0 aliphatic carbocycles. The third-order valence-corrected chi connectivity index (χ3v) is 2.77. The second-order valence-electron chi connectivity index (χ2n) is 3.20. The molecule has 1 amide bonds. The number of amides is 1. The van der Waals surface area contributed by atoms with Gasteiger partial charge in [0.1, 0.15) is 17.5 Å². The zero-order valence-corrected chi connectivity index (χ0v) is 10.4. The summed E-state index contributed by atoms with van der Waals surface area (Å²) in [6, 6.07) is 3.48. The highest BCUT2D eigenvalue weighted by molar-refractivity contribution is 9.10. The van der Waals surface area contributed by atoms with E-state index in [1.165, 1.54) is 23.2 Å². The molecular weight excluding hydrogens is 288 g/mol. The monoisotopic (exact) mass is 294 g/mol. The minimum Gasteiger partial charge on any atom is -0.457 e. The molecule has 2 aromatic rings. The van der Waals surface area contributed by atoms with Crippen LogP contribution in [0.4, 0.5) is 5.82 Å². The molecule has 0 saturated heterocycles. The topological polar surface area (TPSA) is 83.9 Å². The van der Waals surface area contributed by atoms with Crippen molar-refractivity contribution in [3.05, 3.63) is 34.3 Å². The number of carbonyl (C=O) groups is 1. The van der Waals surface area contributed by atoms with Gasteiger partial charge in [-0.25, -0.2) is 0 Å². The molecule has 86 valence electrons. The van der Waals surface area contributed by atoms with Crippen molar-refractivity contribution in [2.45, 2.75) is 0 Å². The Morgan fingerprint density at radius 2 is 2.47 bits per heavy atom. The maximum Gasteiger partial charge on any atom is 0.261 e. The second kappa shape index (κ2) is 4.43. The standard InChI is InChI=1S/C10H7BrN4O2/c1-15-9(6(4-12)5-13-15)14-10(16)7-2-3-17-8(7)11/h2-3,5H,1H3,(H,14,16). The number of carbonyl (C=O) groups excluding carboxylic acids is 1. The van der Waals surface area contributed by atoms with Crippen molar-refractivity contribution >= 4 is 27.7 Å². The van der Waals surface area contributed by atoms with Crippen LogP contribution in [0.15, 0.2) is 27.6 Å². The number of anilines is 1. The summed E-state index contributed by atoms with van der Waals surface area (Å²) in [5.74, 6) is -0.0173. The lowest BCUT2D eigenvalue weighted by molar-refractivity contribution is 0.102. The SMILES string of the molecule is Cn1ncc(C#N)c1NC(=O)c1ccoc1Br. The summed E-state index contributed by atoms with van der Waals surface area (Å²) in [6.07, 6.45) is 2.79. The summed E-state index contributed by atoms with van der Waals surface area (Å²) in [6.45, 7) is 0. The lowest BCUT2D eigenvalue weighted by Gasteiger charge is -2.04. The summed E-state index contributed by atoms with van der Waals surface area (Å²) in [7, 11) is 1.64. The smallest absolute Gasteiger partial charge is 0.261 e. The van der Waals surface area contributed by atoms with E-state index in [4.69, 9.17) is 9.68 Å². The van der Waals surface area contributed by atoms with E-state index >= 15 is 0 Å². The van der Waals surface area contributed by atoms with Gasteiger partial charge in [-0.1, -0.05) is 0 Å². The number of furan rings is 1. The van der Waals surface area contributed by atoms with Crippen LogP contribution in [0.25, 0.3) is 0 Å². The van der Waals surface area contributed by atoms with Crippen molar-refractivity contribution in [3.8, 4) is 6.07 Å². The van der Waals surface area contributed by atoms with Crippen molar-refractivity contribution in [1.82, 2.24) is 9.78 Å². The average molecular weight is 295 g/mol. The molecule has 2 aromatic heterocycles. The van der Waals surface area contributed by atoms with Crippen molar-refractivity contribution in [3.63, 3.8) is 0 Å². The number of rotatable bonds is 2. The minimum atomic E-state index is -0.370. The molecule has 0 aliphatic rings. The van der Waals surface area contributed by atoms with E-state index < -0.39 is 0 Å². The molecule has 0 unspecified atom stereocenters. The number of hydrogen-bond donors (Lipinski definition) is 1. The molecule has 0 atom stereocenters. The van der Waals surface area contributed by atoms with Crippen molar-refractivity contribution in [2.75, 3.05) is 5.32 Å². The van der Waals surface area contributed by atoms with Crippen LogP contribution in [0, 0.1) is 11.3 Å². The largest absolute Gasteiger partial charge is 0.457 e. The zero-order valence-electron chi connectivity index (χ0n) is 8.77. The van der Waals surface area contributed by atoms with Crippen LogP contribution in [-0.2, 0) is 7.05 Å². The van der Waals surface area contributed by atoms with Crippen LogP contribution < -0.4 is 5.32 Å². The molecule has 0 aromatic carbocycles. The van der Waals surface area contributed by atoms with Gasteiger partial charge in [0.05, 0.1) is 18.0 Å². The Hall–Kier alpha value is -2.07. The van der Waals surface area contributed by atoms with Crippen molar-refractivity contribution < 1.29 is 9.21 Å². The highest BCUT2D eigenvalue weighted by Crippen LogP contribution is 2.20. The third kappa shape index (κ3) is 2.07. The van der Waals surface area contributed by atoms with E-state index in [2.05, 4.69) is 26.3 Å². The van der Waals surface area contributed by atoms with Crippen LogP contribution >= 0.6 is 15.9 Å². The zero-order chi connectivity index (χ0) is 12.4. The van der Waals surface area contributed by atoms with E-state index in [0.29, 0.717) is 21.6 Å². The number of halogens is 1. The number of aromatic nitrogens is 2. The summed E-state index contributed by atoms with van der Waals surface area (Å²) >= 11 is 3.11. The predicted molar refractivity (Wildman–Crippen MR) is 62.3 cm³/mol. The average Bonchev–Trinajstić information content (AvgIpc) is 2.87. The normalized spacial score (nSPS) is 9.94. The number of nitrogens with one attached hydrogen (secondary N) is 1. The first-order valence-corrected chi connectivity index (χ1v) is 5.39. The Balaban J connectivity index is 2.28. The van der Waals surface area contributed by atoms with Crippen LogP contribution in [-0.4, -0.2) is 15.7 Å². The minimum absolute atomic E-state index is 0.306. The summed E-state index contributed by atoms with van der Waals surface area (Å²) in [5, 5.41) is 15.3. The van der Waals surface area contributed by atoms with Gasteiger partial charge in [0, 0.05) is 7.05 Å². The van der Waals surface area contributed by atoms with Gasteiger partial charge < -0.3 is 9.73 Å². The highest BCUT2D eigenvalue weighted by atomic mass is 79.9. The van der Waals surface area contributed by atoms with Gasteiger partial charge in [-0.15, -0.1) is 0 Å². The Kier molecular flexibility index (Phi) is 2.97. The van der Waals surface area contributed by atoms with Gasteiger partial charge in [-0.3, -0.25) is 9.48 Å². The second-order valence-corrected chi connectivity index (χ2v) is 3.92. The molecule has 0 fully saturated rings. The third-order valence-electron chi connectivity index (χ3n) is 2.15. The summed E-state index contributed by atoms with van der Waals surface area (Å²) < 4.78 is 6.72. The Labute approximate surface area is 105 Å². The molecule has 6 nitrogen and oxygen atoms in total. The molecule has 2 rings (SSSR count). The quantitative estimate of drug-likeness (QED) is 0.917. The molecule has 0 spiro atoms. The molecule has 0 radical (unpaired) electrons. The molecule has 17 heavy (non-hydrogen) atoms. The molecule has 0 aliphatic heterocycles. The fourth-order valence-electron chi connectivity index (χ4n) is 1.30.